The van der Waals surface area contributed by atoms with Crippen LogP contribution >= 0.6 is 7.82 Å². The monoisotopic (exact) mass is 862 g/mol. The third-order valence-corrected chi connectivity index (χ3v) is 11.5. The van der Waals surface area contributed by atoms with E-state index in [-0.39, 0.29) is 19.1 Å². The van der Waals surface area contributed by atoms with Gasteiger partial charge in [0.25, 0.3) is 0 Å². The molecule has 0 saturated carbocycles. The average molecular weight is 862 g/mol. The van der Waals surface area contributed by atoms with Crippen LogP contribution in [0.5, 0.6) is 0 Å². The van der Waals surface area contributed by atoms with Crippen LogP contribution in [0.3, 0.4) is 0 Å². The Morgan fingerprint density at radius 1 is 0.583 bits per heavy atom. The van der Waals surface area contributed by atoms with Crippen LogP contribution in [0.1, 0.15) is 194 Å². The number of allylic oxidation sites excluding steroid dienone is 12. The second kappa shape index (κ2) is 42.3. The number of carbonyl (C=O) groups excluding carboxylic acids is 1. The predicted molar refractivity (Wildman–Crippen MR) is 258 cm³/mol. The lowest BCUT2D eigenvalue weighted by Crippen LogP contribution is -2.46. The Morgan fingerprint density at radius 2 is 1.00 bits per heavy atom. The molecule has 60 heavy (non-hydrogen) atoms. The van der Waals surface area contributed by atoms with Crippen LogP contribution in [-0.2, 0) is 18.4 Å². The number of quaternary nitrogens is 1. The maximum Gasteiger partial charge on any atom is 0.472 e. The molecule has 0 fully saturated rings. The van der Waals surface area contributed by atoms with E-state index in [4.69, 9.17) is 9.05 Å². The third-order valence-electron chi connectivity index (χ3n) is 10.5. The molecular formula is C51H94N2O6P+. The van der Waals surface area contributed by atoms with Crippen molar-refractivity contribution in [1.29, 1.82) is 0 Å². The van der Waals surface area contributed by atoms with Crippen molar-refractivity contribution >= 4 is 13.7 Å². The van der Waals surface area contributed by atoms with Crippen LogP contribution in [-0.4, -0.2) is 73.4 Å². The second-order valence-corrected chi connectivity index (χ2v) is 18.9. The van der Waals surface area contributed by atoms with Gasteiger partial charge in [0.1, 0.15) is 13.2 Å². The van der Waals surface area contributed by atoms with Gasteiger partial charge in [-0.05, 0) is 64.2 Å². The highest BCUT2D eigenvalue weighted by Gasteiger charge is 2.28. The van der Waals surface area contributed by atoms with Crippen molar-refractivity contribution in [2.24, 2.45) is 0 Å². The largest absolute Gasteiger partial charge is 0.472 e. The number of aliphatic hydroxyl groups is 1. The minimum atomic E-state index is -4.32. The maximum absolute atomic E-state index is 12.9. The zero-order chi connectivity index (χ0) is 44.3. The van der Waals surface area contributed by atoms with Gasteiger partial charge in [-0.2, -0.15) is 0 Å². The Kier molecular flexibility index (Phi) is 40.8. The Hall–Kier alpha value is -2.06. The highest BCUT2D eigenvalue weighted by atomic mass is 31.2. The fourth-order valence-corrected chi connectivity index (χ4v) is 7.37. The molecule has 9 heteroatoms. The number of amides is 1. The van der Waals surface area contributed by atoms with E-state index in [1.54, 1.807) is 0 Å². The minimum Gasteiger partial charge on any atom is -0.391 e. The van der Waals surface area contributed by atoms with Crippen molar-refractivity contribution in [2.75, 3.05) is 40.9 Å². The number of hydrogen-bond donors (Lipinski definition) is 3. The molecule has 0 spiro atoms. The van der Waals surface area contributed by atoms with Gasteiger partial charge < -0.3 is 19.8 Å². The van der Waals surface area contributed by atoms with Crippen LogP contribution in [0.25, 0.3) is 0 Å². The van der Waals surface area contributed by atoms with Crippen molar-refractivity contribution in [3.63, 3.8) is 0 Å². The normalized spacial score (nSPS) is 14.8. The molecular weight excluding hydrogens is 768 g/mol. The fourth-order valence-electron chi connectivity index (χ4n) is 6.64. The van der Waals surface area contributed by atoms with Gasteiger partial charge >= 0.3 is 7.82 Å². The molecule has 3 N–H and O–H groups in total. The van der Waals surface area contributed by atoms with E-state index in [1.807, 2.05) is 21.1 Å². The first-order valence-electron chi connectivity index (χ1n) is 24.3. The molecule has 0 aromatic carbocycles. The number of aliphatic hydroxyl groups excluding tert-OH is 1. The zero-order valence-corrected chi connectivity index (χ0v) is 40.3. The minimum absolute atomic E-state index is 0.0678. The van der Waals surface area contributed by atoms with Crippen LogP contribution in [0.2, 0.25) is 0 Å². The molecule has 8 nitrogen and oxygen atoms in total. The van der Waals surface area contributed by atoms with E-state index in [0.29, 0.717) is 23.9 Å². The molecule has 0 saturated heterocycles. The summed E-state index contributed by atoms with van der Waals surface area (Å²) in [6.07, 6.45) is 56.4. The summed E-state index contributed by atoms with van der Waals surface area (Å²) < 4.78 is 23.6. The lowest BCUT2D eigenvalue weighted by atomic mass is 10.0. The summed E-state index contributed by atoms with van der Waals surface area (Å²) in [5.41, 5.74) is 0. The average Bonchev–Trinajstić information content (AvgIpc) is 3.20. The van der Waals surface area contributed by atoms with E-state index >= 15 is 0 Å². The smallest absolute Gasteiger partial charge is 0.391 e. The zero-order valence-electron chi connectivity index (χ0n) is 39.4. The molecule has 0 bridgehead atoms. The molecule has 0 aliphatic heterocycles. The number of nitrogens with zero attached hydrogens (tertiary/aromatic N) is 1. The van der Waals surface area contributed by atoms with Gasteiger partial charge in [-0.3, -0.25) is 13.8 Å². The fraction of sp³-hybridized carbons (Fsp3) is 0.745. The number of unbranched alkanes of at least 4 members (excludes halogenated alkanes) is 18. The lowest BCUT2D eigenvalue weighted by Gasteiger charge is -2.26. The summed E-state index contributed by atoms with van der Waals surface area (Å²) in [4.78, 5) is 23.2. The summed E-state index contributed by atoms with van der Waals surface area (Å²) in [6, 6.07) is -0.772. The molecule has 0 aliphatic carbocycles. The summed E-state index contributed by atoms with van der Waals surface area (Å²) in [7, 11) is 1.59. The Bertz CT molecular complexity index is 1200. The Morgan fingerprint density at radius 3 is 1.47 bits per heavy atom. The molecule has 1 amide bonds. The van der Waals surface area contributed by atoms with Gasteiger partial charge in [-0.1, -0.05) is 196 Å². The summed E-state index contributed by atoms with van der Waals surface area (Å²) >= 11 is 0. The van der Waals surface area contributed by atoms with E-state index in [9.17, 15) is 19.4 Å². The molecule has 0 rings (SSSR count). The topological polar surface area (TPSA) is 105 Å². The predicted octanol–water partition coefficient (Wildman–Crippen LogP) is 14.0. The van der Waals surface area contributed by atoms with E-state index < -0.39 is 20.0 Å². The summed E-state index contributed by atoms with van der Waals surface area (Å²) in [5.74, 6) is -0.163. The molecule has 0 radical (unpaired) electrons. The number of nitrogens with one attached hydrogen (secondary N) is 1. The third kappa shape index (κ3) is 44.0. The molecule has 0 heterocycles. The molecule has 0 aromatic rings. The van der Waals surface area contributed by atoms with Crippen LogP contribution in [0, 0.1) is 0 Å². The standard InChI is InChI=1S/C51H93N2O6P/c1-6-8-10-12-14-16-18-20-21-22-23-24-25-26-27-28-29-30-31-33-35-37-39-41-43-45-51(55)52-49(48-59-60(56,57)58-47-46-53(3,4)5)50(54)44-42-40-38-36-34-32-19-17-15-13-11-9-7-2/h8,10,14,16,20-21,23-24,26-27,29-30,49-50,54H,6-7,9,11-13,15,17-19,22,25,28,31-48H2,1-5H3,(H-,52,55,56,57)/p+1/b10-8-,16-14-,21-20-,24-23-,27-26-,30-29-. The quantitative estimate of drug-likeness (QED) is 0.0244. The van der Waals surface area contributed by atoms with Gasteiger partial charge in [0.15, 0.2) is 0 Å². The SMILES string of the molecule is CC/C=C\C/C=C\C/C=C\C/C=C\C/C=C\C/C=C\CCCCCCCCC(=O)NC(COP(=O)(O)OCC[N+](C)(C)C)C(O)CCCCCCCCCCCCCCC. The summed E-state index contributed by atoms with van der Waals surface area (Å²) in [6.45, 7) is 4.75. The van der Waals surface area contributed by atoms with Crippen LogP contribution in [0.4, 0.5) is 0 Å². The van der Waals surface area contributed by atoms with Gasteiger partial charge in [0, 0.05) is 6.42 Å². The van der Waals surface area contributed by atoms with E-state index in [1.165, 1.54) is 77.0 Å². The van der Waals surface area contributed by atoms with Gasteiger partial charge in [0.2, 0.25) is 5.91 Å². The first-order valence-corrected chi connectivity index (χ1v) is 25.8. The Labute approximate surface area is 370 Å². The van der Waals surface area contributed by atoms with Crippen molar-refractivity contribution < 1.29 is 32.9 Å². The molecule has 3 unspecified atom stereocenters. The van der Waals surface area contributed by atoms with E-state index in [0.717, 1.165) is 89.9 Å². The van der Waals surface area contributed by atoms with Crippen LogP contribution < -0.4 is 5.32 Å². The first kappa shape index (κ1) is 57.9. The van der Waals surface area contributed by atoms with Crippen LogP contribution in [0.15, 0.2) is 72.9 Å². The number of hydrogen-bond acceptors (Lipinski definition) is 5. The van der Waals surface area contributed by atoms with Gasteiger partial charge in [-0.25, -0.2) is 4.57 Å². The van der Waals surface area contributed by atoms with Gasteiger partial charge in [-0.15, -0.1) is 0 Å². The molecule has 0 aliphatic rings. The first-order chi connectivity index (χ1) is 29.0. The van der Waals surface area contributed by atoms with Crippen molar-refractivity contribution in [3.8, 4) is 0 Å². The van der Waals surface area contributed by atoms with Crippen molar-refractivity contribution in [3.05, 3.63) is 72.9 Å². The number of likely N-dealkylation sites (N-methyl/N-ethyl adjacent to an activating group) is 1. The summed E-state index contributed by atoms with van der Waals surface area (Å²) in [5, 5.41) is 14.0. The second-order valence-electron chi connectivity index (χ2n) is 17.5. The maximum atomic E-state index is 12.9. The molecule has 348 valence electrons. The van der Waals surface area contributed by atoms with Crippen molar-refractivity contribution in [1.82, 2.24) is 5.32 Å². The van der Waals surface area contributed by atoms with E-state index in [2.05, 4.69) is 92.1 Å². The Balaban J connectivity index is 4.31. The lowest BCUT2D eigenvalue weighted by molar-refractivity contribution is -0.870. The molecule has 3 atom stereocenters. The number of phosphoric ester groups is 1. The van der Waals surface area contributed by atoms with Gasteiger partial charge in [0.05, 0.1) is 39.9 Å². The number of phosphoric acid groups is 1. The molecule has 0 aromatic heterocycles. The highest BCUT2D eigenvalue weighted by Crippen LogP contribution is 2.43. The number of carbonyl (C=O) groups is 1. The number of rotatable bonds is 43. The highest BCUT2D eigenvalue weighted by molar-refractivity contribution is 7.47. The van der Waals surface area contributed by atoms with Crippen molar-refractivity contribution in [2.45, 2.75) is 206 Å².